The first-order valence-electron chi connectivity index (χ1n) is 6.50. The molecule has 1 atom stereocenters. The van der Waals surface area contributed by atoms with E-state index in [0.717, 1.165) is 26.2 Å². The van der Waals surface area contributed by atoms with Crippen LogP contribution in [0.2, 0.25) is 0 Å². The second kappa shape index (κ2) is 8.83. The molecule has 5 heteroatoms. The molecule has 0 aromatic rings. The molecule has 1 aliphatic heterocycles. The van der Waals surface area contributed by atoms with Crippen LogP contribution in [0.1, 0.15) is 13.8 Å². The Labute approximate surface area is 104 Å². The lowest BCUT2D eigenvalue weighted by molar-refractivity contribution is -0.134. The van der Waals surface area contributed by atoms with Gasteiger partial charge < -0.3 is 24.4 Å². The van der Waals surface area contributed by atoms with Gasteiger partial charge in [0.1, 0.15) is 0 Å². The number of nitrogens with zero attached hydrogens (tertiary/aromatic N) is 1. The van der Waals surface area contributed by atoms with Gasteiger partial charge in [0.25, 0.3) is 0 Å². The topological polar surface area (TPSA) is 43.0 Å². The zero-order valence-electron chi connectivity index (χ0n) is 11.3. The Kier molecular flexibility index (Phi) is 7.72. The molecule has 0 amide bonds. The molecule has 0 saturated carbocycles. The van der Waals surface area contributed by atoms with E-state index in [1.165, 1.54) is 0 Å². The minimum Gasteiger partial charge on any atom is -0.374 e. The molecular weight excluding hydrogens is 220 g/mol. The first-order valence-corrected chi connectivity index (χ1v) is 6.50. The minimum absolute atomic E-state index is 0.147. The first kappa shape index (κ1) is 14.9. The molecule has 1 rings (SSSR count). The van der Waals surface area contributed by atoms with Crippen LogP contribution in [0.25, 0.3) is 0 Å². The summed E-state index contributed by atoms with van der Waals surface area (Å²) < 4.78 is 16.6. The Bertz CT molecular complexity index is 182. The van der Waals surface area contributed by atoms with E-state index in [4.69, 9.17) is 14.2 Å². The molecule has 102 valence electrons. The third-order valence-electron chi connectivity index (χ3n) is 2.73. The van der Waals surface area contributed by atoms with Gasteiger partial charge in [0.2, 0.25) is 0 Å². The SMILES string of the molecule is CCOC(CNCC1CN(C)CCO1)OCC. The van der Waals surface area contributed by atoms with Crippen molar-refractivity contribution in [2.24, 2.45) is 0 Å². The van der Waals surface area contributed by atoms with Crippen LogP contribution in [0.15, 0.2) is 0 Å². The number of hydrogen-bond acceptors (Lipinski definition) is 5. The quantitative estimate of drug-likeness (QED) is 0.624. The Morgan fingerprint density at radius 3 is 2.65 bits per heavy atom. The van der Waals surface area contributed by atoms with Crippen LogP contribution in [0.3, 0.4) is 0 Å². The van der Waals surface area contributed by atoms with E-state index in [-0.39, 0.29) is 12.4 Å². The monoisotopic (exact) mass is 246 g/mol. The van der Waals surface area contributed by atoms with E-state index in [9.17, 15) is 0 Å². The van der Waals surface area contributed by atoms with Crippen molar-refractivity contribution in [3.63, 3.8) is 0 Å². The highest BCUT2D eigenvalue weighted by Crippen LogP contribution is 2.02. The lowest BCUT2D eigenvalue weighted by atomic mass is 10.3. The average molecular weight is 246 g/mol. The van der Waals surface area contributed by atoms with Gasteiger partial charge in [-0.25, -0.2) is 0 Å². The fourth-order valence-electron chi connectivity index (χ4n) is 1.89. The maximum atomic E-state index is 5.66. The van der Waals surface area contributed by atoms with Crippen molar-refractivity contribution in [1.29, 1.82) is 0 Å². The van der Waals surface area contributed by atoms with Crippen LogP contribution in [0.5, 0.6) is 0 Å². The van der Waals surface area contributed by atoms with Crippen LogP contribution in [-0.2, 0) is 14.2 Å². The predicted octanol–water partition coefficient (Wildman–Crippen LogP) is 0.306. The highest BCUT2D eigenvalue weighted by molar-refractivity contribution is 4.71. The fourth-order valence-corrected chi connectivity index (χ4v) is 1.89. The van der Waals surface area contributed by atoms with E-state index >= 15 is 0 Å². The van der Waals surface area contributed by atoms with Crippen LogP contribution < -0.4 is 5.32 Å². The molecule has 0 aromatic carbocycles. The van der Waals surface area contributed by atoms with Crippen molar-refractivity contribution in [3.05, 3.63) is 0 Å². The molecule has 0 bridgehead atoms. The summed E-state index contributed by atoms with van der Waals surface area (Å²) in [5.74, 6) is 0. The zero-order chi connectivity index (χ0) is 12.5. The number of morpholine rings is 1. The fraction of sp³-hybridized carbons (Fsp3) is 1.00. The molecule has 5 nitrogen and oxygen atoms in total. The van der Waals surface area contributed by atoms with Crippen molar-refractivity contribution in [3.8, 4) is 0 Å². The van der Waals surface area contributed by atoms with Crippen LogP contribution in [0, 0.1) is 0 Å². The largest absolute Gasteiger partial charge is 0.374 e. The number of nitrogens with one attached hydrogen (secondary N) is 1. The summed E-state index contributed by atoms with van der Waals surface area (Å²) in [6.45, 7) is 9.70. The second-order valence-corrected chi connectivity index (χ2v) is 4.25. The highest BCUT2D eigenvalue weighted by atomic mass is 16.7. The summed E-state index contributed by atoms with van der Waals surface area (Å²) in [6.07, 6.45) is 0.129. The summed E-state index contributed by atoms with van der Waals surface area (Å²) in [5.41, 5.74) is 0. The molecular formula is C12H26N2O3. The molecule has 1 fully saturated rings. The number of likely N-dealkylation sites (N-methyl/N-ethyl adjacent to an activating group) is 1. The van der Waals surface area contributed by atoms with E-state index in [1.54, 1.807) is 0 Å². The maximum Gasteiger partial charge on any atom is 0.169 e. The van der Waals surface area contributed by atoms with Gasteiger partial charge in [-0.1, -0.05) is 0 Å². The van der Waals surface area contributed by atoms with Crippen molar-refractivity contribution in [2.45, 2.75) is 26.2 Å². The van der Waals surface area contributed by atoms with Gasteiger partial charge >= 0.3 is 0 Å². The van der Waals surface area contributed by atoms with Gasteiger partial charge in [-0.2, -0.15) is 0 Å². The van der Waals surface area contributed by atoms with Gasteiger partial charge in [-0.3, -0.25) is 0 Å². The van der Waals surface area contributed by atoms with Gasteiger partial charge in [0, 0.05) is 39.4 Å². The molecule has 1 N–H and O–H groups in total. The molecule has 1 unspecified atom stereocenters. The molecule has 1 heterocycles. The van der Waals surface area contributed by atoms with E-state index in [0.29, 0.717) is 19.8 Å². The number of rotatable bonds is 8. The zero-order valence-corrected chi connectivity index (χ0v) is 11.3. The first-order chi connectivity index (χ1) is 8.26. The Morgan fingerprint density at radius 1 is 1.35 bits per heavy atom. The molecule has 1 saturated heterocycles. The van der Waals surface area contributed by atoms with Gasteiger partial charge in [-0.05, 0) is 20.9 Å². The number of ether oxygens (including phenoxy) is 3. The number of hydrogen-bond donors (Lipinski definition) is 1. The summed E-state index contributed by atoms with van der Waals surface area (Å²) in [6, 6.07) is 0. The molecule has 0 aliphatic carbocycles. The normalized spacial score (nSPS) is 22.2. The van der Waals surface area contributed by atoms with Crippen molar-refractivity contribution < 1.29 is 14.2 Å². The highest BCUT2D eigenvalue weighted by Gasteiger charge is 2.17. The molecule has 1 aliphatic rings. The van der Waals surface area contributed by atoms with Crippen molar-refractivity contribution in [1.82, 2.24) is 10.2 Å². The smallest absolute Gasteiger partial charge is 0.169 e. The molecule has 17 heavy (non-hydrogen) atoms. The maximum absolute atomic E-state index is 5.66. The Hall–Kier alpha value is -0.200. The van der Waals surface area contributed by atoms with E-state index in [2.05, 4.69) is 17.3 Å². The van der Waals surface area contributed by atoms with E-state index in [1.807, 2.05) is 13.8 Å². The lowest BCUT2D eigenvalue weighted by Gasteiger charge is -2.30. The second-order valence-electron chi connectivity index (χ2n) is 4.25. The molecule has 0 aromatic heterocycles. The summed E-state index contributed by atoms with van der Waals surface area (Å²) in [5, 5.41) is 3.34. The average Bonchev–Trinajstić information content (AvgIpc) is 2.30. The third kappa shape index (κ3) is 6.33. The summed E-state index contributed by atoms with van der Waals surface area (Å²) in [7, 11) is 2.12. The van der Waals surface area contributed by atoms with Crippen LogP contribution in [-0.4, -0.2) is 70.3 Å². The third-order valence-corrected chi connectivity index (χ3v) is 2.73. The molecule has 0 radical (unpaired) electrons. The van der Waals surface area contributed by atoms with Crippen molar-refractivity contribution in [2.75, 3.05) is 53.0 Å². The summed E-state index contributed by atoms with van der Waals surface area (Å²) >= 11 is 0. The van der Waals surface area contributed by atoms with Gasteiger partial charge in [0.05, 0.1) is 12.7 Å². The Balaban J connectivity index is 2.11. The Morgan fingerprint density at radius 2 is 2.06 bits per heavy atom. The van der Waals surface area contributed by atoms with Crippen LogP contribution >= 0.6 is 0 Å². The standard InChI is InChI=1S/C12H26N2O3/c1-4-15-12(16-5-2)9-13-8-11-10-14(3)6-7-17-11/h11-13H,4-10H2,1-3H3. The van der Waals surface area contributed by atoms with Crippen LogP contribution in [0.4, 0.5) is 0 Å². The predicted molar refractivity (Wildman–Crippen MR) is 67.1 cm³/mol. The lowest BCUT2D eigenvalue weighted by Crippen LogP contribution is -2.46. The van der Waals surface area contributed by atoms with Crippen molar-refractivity contribution >= 4 is 0 Å². The van der Waals surface area contributed by atoms with E-state index < -0.39 is 0 Å². The summed E-state index contributed by atoms with van der Waals surface area (Å²) in [4.78, 5) is 2.29. The molecule has 0 spiro atoms. The van der Waals surface area contributed by atoms with Gasteiger partial charge in [0.15, 0.2) is 6.29 Å². The van der Waals surface area contributed by atoms with Gasteiger partial charge in [-0.15, -0.1) is 0 Å². The minimum atomic E-state index is -0.147.